The molecule has 32 heavy (non-hydrogen) atoms. The molecule has 0 N–H and O–H groups in total. The van der Waals surface area contributed by atoms with E-state index in [2.05, 4.69) is 9.80 Å². The van der Waals surface area contributed by atoms with Crippen molar-refractivity contribution in [2.75, 3.05) is 71.4 Å². The van der Waals surface area contributed by atoms with Crippen molar-refractivity contribution in [2.24, 2.45) is 0 Å². The monoisotopic (exact) mass is 458 g/mol. The van der Waals surface area contributed by atoms with E-state index < -0.39 is 10.0 Å². The molecule has 0 spiro atoms. The minimum atomic E-state index is -3.61. The first-order valence-corrected chi connectivity index (χ1v) is 12.3. The largest absolute Gasteiger partial charge is 0.497 e. The lowest BCUT2D eigenvalue weighted by Crippen LogP contribution is -2.49. The average Bonchev–Trinajstić information content (AvgIpc) is 2.84. The van der Waals surface area contributed by atoms with Crippen LogP contribution in [0.15, 0.2) is 53.4 Å². The van der Waals surface area contributed by atoms with Gasteiger partial charge in [-0.25, -0.2) is 8.42 Å². The topological polar surface area (TPSA) is 73.4 Å². The molecule has 2 aromatic carbocycles. The molecule has 2 aliphatic rings. The lowest BCUT2D eigenvalue weighted by atomic mass is 10.1. The Kier molecular flexibility index (Phi) is 6.68. The second kappa shape index (κ2) is 9.48. The van der Waals surface area contributed by atoms with E-state index in [1.807, 2.05) is 31.3 Å². The van der Waals surface area contributed by atoms with Crippen LogP contribution < -0.4 is 9.64 Å². The van der Waals surface area contributed by atoms with Gasteiger partial charge < -0.3 is 19.4 Å². The van der Waals surface area contributed by atoms with Crippen molar-refractivity contribution < 1.29 is 17.9 Å². The van der Waals surface area contributed by atoms with Crippen molar-refractivity contribution in [3.8, 4) is 5.75 Å². The van der Waals surface area contributed by atoms with Crippen molar-refractivity contribution in [3.05, 3.63) is 54.1 Å². The molecule has 2 fully saturated rings. The molecule has 0 atom stereocenters. The van der Waals surface area contributed by atoms with Gasteiger partial charge in [-0.2, -0.15) is 4.31 Å². The minimum Gasteiger partial charge on any atom is -0.497 e. The number of methoxy groups -OCH3 is 1. The SMILES string of the molecule is COc1ccc(N2CCN(C(=O)c3cccc(S(=O)(=O)N4CCN(C)CC4)c3)CC2)cc1. The Morgan fingerprint density at radius 3 is 2.16 bits per heavy atom. The minimum absolute atomic E-state index is 0.130. The molecule has 0 aromatic heterocycles. The molecule has 0 saturated carbocycles. The molecule has 0 bridgehead atoms. The summed E-state index contributed by atoms with van der Waals surface area (Å²) in [5.74, 6) is 0.684. The van der Waals surface area contributed by atoms with Gasteiger partial charge in [0.2, 0.25) is 10.0 Å². The highest BCUT2D eigenvalue weighted by Gasteiger charge is 2.29. The van der Waals surface area contributed by atoms with E-state index in [1.165, 1.54) is 10.4 Å². The van der Waals surface area contributed by atoms with E-state index in [0.717, 1.165) is 24.5 Å². The summed E-state index contributed by atoms with van der Waals surface area (Å²) in [6.07, 6.45) is 0. The Morgan fingerprint density at radius 1 is 0.875 bits per heavy atom. The Hall–Kier alpha value is -2.62. The number of carbonyl (C=O) groups is 1. The maximum atomic E-state index is 13.1. The molecule has 0 aliphatic carbocycles. The first-order chi connectivity index (χ1) is 15.4. The smallest absolute Gasteiger partial charge is 0.254 e. The fourth-order valence-corrected chi connectivity index (χ4v) is 5.58. The van der Waals surface area contributed by atoms with Crippen molar-refractivity contribution in [2.45, 2.75) is 4.90 Å². The van der Waals surface area contributed by atoms with Crippen LogP contribution in [0, 0.1) is 0 Å². The second-order valence-corrected chi connectivity index (χ2v) is 10.2. The van der Waals surface area contributed by atoms with E-state index in [0.29, 0.717) is 44.8 Å². The van der Waals surface area contributed by atoms with Crippen LogP contribution in [-0.2, 0) is 10.0 Å². The molecule has 2 saturated heterocycles. The van der Waals surface area contributed by atoms with Gasteiger partial charge in [-0.15, -0.1) is 0 Å². The summed E-state index contributed by atoms with van der Waals surface area (Å²) in [6, 6.07) is 14.3. The number of nitrogens with zero attached hydrogens (tertiary/aromatic N) is 4. The number of sulfonamides is 1. The van der Waals surface area contributed by atoms with E-state index >= 15 is 0 Å². The normalized spacial score (nSPS) is 18.6. The third kappa shape index (κ3) is 4.74. The number of anilines is 1. The number of rotatable bonds is 5. The standard InChI is InChI=1S/C23H30N4O4S/c1-24-10-16-27(17-11-24)32(29,30)22-5-3-4-19(18-22)23(28)26-14-12-25(13-15-26)20-6-8-21(31-2)9-7-20/h3-9,18H,10-17H2,1-2H3. The first kappa shape index (κ1) is 22.6. The molecule has 1 amide bonds. The lowest BCUT2D eigenvalue weighted by Gasteiger charge is -2.36. The lowest BCUT2D eigenvalue weighted by molar-refractivity contribution is 0.0746. The summed E-state index contributed by atoms with van der Waals surface area (Å²) in [7, 11) is 0.0220. The third-order valence-corrected chi connectivity index (χ3v) is 8.08. The number of ether oxygens (including phenoxy) is 1. The Morgan fingerprint density at radius 2 is 1.53 bits per heavy atom. The van der Waals surface area contributed by atoms with Crippen molar-refractivity contribution >= 4 is 21.6 Å². The zero-order chi connectivity index (χ0) is 22.7. The Balaban J connectivity index is 1.42. The molecular weight excluding hydrogens is 428 g/mol. The second-order valence-electron chi connectivity index (χ2n) is 8.21. The van der Waals surface area contributed by atoms with Crippen LogP contribution in [0.2, 0.25) is 0 Å². The Bertz CT molecular complexity index is 1040. The van der Waals surface area contributed by atoms with Gasteiger partial charge in [0.25, 0.3) is 5.91 Å². The summed E-state index contributed by atoms with van der Waals surface area (Å²) in [5, 5.41) is 0. The van der Waals surface area contributed by atoms with E-state index in [4.69, 9.17) is 4.74 Å². The molecule has 0 radical (unpaired) electrons. The molecule has 172 valence electrons. The van der Waals surface area contributed by atoms with Gasteiger partial charge in [0.15, 0.2) is 0 Å². The predicted molar refractivity (Wildman–Crippen MR) is 124 cm³/mol. The van der Waals surface area contributed by atoms with Crippen LogP contribution in [0.4, 0.5) is 5.69 Å². The number of likely N-dealkylation sites (N-methyl/N-ethyl adjacent to an activating group) is 1. The number of hydrogen-bond acceptors (Lipinski definition) is 6. The fourth-order valence-electron chi connectivity index (χ4n) is 4.11. The van der Waals surface area contributed by atoms with Crippen LogP contribution in [0.1, 0.15) is 10.4 Å². The average molecular weight is 459 g/mol. The molecule has 2 heterocycles. The van der Waals surface area contributed by atoms with Crippen molar-refractivity contribution in [1.29, 1.82) is 0 Å². The van der Waals surface area contributed by atoms with Gasteiger partial charge in [0.05, 0.1) is 12.0 Å². The third-order valence-electron chi connectivity index (χ3n) is 6.19. The number of carbonyl (C=O) groups excluding carboxylic acids is 1. The van der Waals surface area contributed by atoms with Crippen LogP contribution in [0.25, 0.3) is 0 Å². The molecule has 8 nitrogen and oxygen atoms in total. The summed E-state index contributed by atoms with van der Waals surface area (Å²) in [5.41, 5.74) is 1.51. The highest BCUT2D eigenvalue weighted by molar-refractivity contribution is 7.89. The van der Waals surface area contributed by atoms with Crippen LogP contribution >= 0.6 is 0 Å². The summed E-state index contributed by atoms with van der Waals surface area (Å²) in [6.45, 7) is 4.94. The number of benzene rings is 2. The zero-order valence-electron chi connectivity index (χ0n) is 18.6. The van der Waals surface area contributed by atoms with E-state index in [1.54, 1.807) is 30.2 Å². The van der Waals surface area contributed by atoms with Gasteiger partial charge in [-0.05, 0) is 49.5 Å². The molecule has 2 aliphatic heterocycles. The van der Waals surface area contributed by atoms with Gasteiger partial charge in [-0.1, -0.05) is 6.07 Å². The van der Waals surface area contributed by atoms with Crippen LogP contribution in [0.3, 0.4) is 0 Å². The maximum absolute atomic E-state index is 13.1. The van der Waals surface area contributed by atoms with Gasteiger partial charge in [0.1, 0.15) is 5.75 Å². The van der Waals surface area contributed by atoms with E-state index in [9.17, 15) is 13.2 Å². The molecule has 9 heteroatoms. The van der Waals surface area contributed by atoms with Crippen LogP contribution in [0.5, 0.6) is 5.75 Å². The van der Waals surface area contributed by atoms with E-state index in [-0.39, 0.29) is 10.8 Å². The highest BCUT2D eigenvalue weighted by atomic mass is 32.2. The number of piperazine rings is 2. The summed E-state index contributed by atoms with van der Waals surface area (Å²) in [4.78, 5) is 19.4. The van der Waals surface area contributed by atoms with Gasteiger partial charge >= 0.3 is 0 Å². The molecule has 0 unspecified atom stereocenters. The zero-order valence-corrected chi connectivity index (χ0v) is 19.4. The van der Waals surface area contributed by atoms with Crippen molar-refractivity contribution in [3.63, 3.8) is 0 Å². The molecular formula is C23H30N4O4S. The maximum Gasteiger partial charge on any atom is 0.254 e. The van der Waals surface area contributed by atoms with Crippen molar-refractivity contribution in [1.82, 2.24) is 14.1 Å². The molecule has 2 aromatic rings. The quantitative estimate of drug-likeness (QED) is 0.678. The summed E-state index contributed by atoms with van der Waals surface area (Å²) < 4.78 is 32.8. The fraction of sp³-hybridized carbons (Fsp3) is 0.435. The number of hydrogen-bond donors (Lipinski definition) is 0. The first-order valence-electron chi connectivity index (χ1n) is 10.9. The van der Waals surface area contributed by atoms with Gasteiger partial charge in [0, 0.05) is 63.6 Å². The highest BCUT2D eigenvalue weighted by Crippen LogP contribution is 2.22. The van der Waals surface area contributed by atoms with Gasteiger partial charge in [-0.3, -0.25) is 4.79 Å². The number of amides is 1. The summed E-state index contributed by atoms with van der Waals surface area (Å²) >= 11 is 0. The molecule has 4 rings (SSSR count). The predicted octanol–water partition coefficient (Wildman–Crippen LogP) is 1.59. The van der Waals surface area contributed by atoms with Crippen LogP contribution in [-0.4, -0.2) is 94.9 Å². The Labute approximate surface area is 190 Å².